The number of hydrogen-bond donors (Lipinski definition) is 1. The van der Waals surface area contributed by atoms with Crippen LogP contribution in [-0.2, 0) is 6.54 Å². The molecule has 19 heavy (non-hydrogen) atoms. The molecule has 4 heteroatoms. The Bertz CT molecular complexity index is 403. The molecule has 0 amide bonds. The number of nitrogens with one attached hydrogen (secondary N) is 1. The molecule has 0 radical (unpaired) electrons. The second kappa shape index (κ2) is 7.77. The summed E-state index contributed by atoms with van der Waals surface area (Å²) in [5.74, 6) is 0. The molecular formula is C15H22Br2N2. The summed E-state index contributed by atoms with van der Waals surface area (Å²) in [7, 11) is 0. The highest BCUT2D eigenvalue weighted by Crippen LogP contribution is 2.25. The summed E-state index contributed by atoms with van der Waals surface area (Å²) in [6.07, 6.45) is 3.84. The lowest BCUT2D eigenvalue weighted by atomic mass is 10.0. The van der Waals surface area contributed by atoms with E-state index in [2.05, 4.69) is 67.2 Å². The Morgan fingerprint density at radius 1 is 1.32 bits per heavy atom. The lowest BCUT2D eigenvalue weighted by Gasteiger charge is -2.34. The zero-order valence-electron chi connectivity index (χ0n) is 11.5. The minimum atomic E-state index is 0.691. The van der Waals surface area contributed by atoms with Gasteiger partial charge in [-0.1, -0.05) is 13.0 Å². The molecule has 1 aliphatic heterocycles. The molecule has 0 bridgehead atoms. The molecule has 0 saturated carbocycles. The first kappa shape index (κ1) is 15.5. The van der Waals surface area contributed by atoms with Crippen molar-refractivity contribution in [2.45, 2.75) is 38.8 Å². The van der Waals surface area contributed by atoms with Gasteiger partial charge < -0.3 is 5.32 Å². The van der Waals surface area contributed by atoms with Crippen LogP contribution in [0.4, 0.5) is 0 Å². The number of rotatable bonds is 5. The predicted molar refractivity (Wildman–Crippen MR) is 88.4 cm³/mol. The third-order valence-corrected chi connectivity index (χ3v) is 5.55. The fraction of sp³-hybridized carbons (Fsp3) is 0.600. The van der Waals surface area contributed by atoms with Crippen LogP contribution in [0.1, 0.15) is 31.7 Å². The number of hydrogen-bond acceptors (Lipinski definition) is 2. The molecule has 0 aliphatic carbocycles. The topological polar surface area (TPSA) is 15.3 Å². The molecule has 2 rings (SSSR count). The Balaban J connectivity index is 2.04. The van der Waals surface area contributed by atoms with Gasteiger partial charge in [0, 0.05) is 28.1 Å². The second-order valence-corrected chi connectivity index (χ2v) is 6.93. The van der Waals surface area contributed by atoms with E-state index in [0.29, 0.717) is 6.04 Å². The van der Waals surface area contributed by atoms with Crippen molar-refractivity contribution in [1.29, 1.82) is 0 Å². The van der Waals surface area contributed by atoms with Crippen molar-refractivity contribution in [1.82, 2.24) is 10.2 Å². The van der Waals surface area contributed by atoms with Crippen molar-refractivity contribution in [3.63, 3.8) is 0 Å². The van der Waals surface area contributed by atoms with Crippen LogP contribution in [0.5, 0.6) is 0 Å². The molecule has 0 aromatic heterocycles. The summed E-state index contributed by atoms with van der Waals surface area (Å²) in [6.45, 7) is 6.81. The number of benzene rings is 1. The van der Waals surface area contributed by atoms with Crippen molar-refractivity contribution in [2.75, 3.05) is 19.6 Å². The lowest BCUT2D eigenvalue weighted by molar-refractivity contribution is 0.158. The maximum Gasteiger partial charge on any atom is 0.0320 e. The Kier molecular flexibility index (Phi) is 6.33. The van der Waals surface area contributed by atoms with Gasteiger partial charge in [0.15, 0.2) is 0 Å². The van der Waals surface area contributed by atoms with Gasteiger partial charge >= 0.3 is 0 Å². The normalized spacial score (nSPS) is 19.9. The minimum Gasteiger partial charge on any atom is -0.315 e. The van der Waals surface area contributed by atoms with E-state index in [1.807, 2.05) is 0 Å². The third kappa shape index (κ3) is 4.55. The van der Waals surface area contributed by atoms with Crippen molar-refractivity contribution in [3.05, 3.63) is 32.7 Å². The molecule has 1 heterocycles. The molecule has 106 valence electrons. The molecule has 0 spiro atoms. The van der Waals surface area contributed by atoms with E-state index >= 15 is 0 Å². The second-order valence-electron chi connectivity index (χ2n) is 5.22. The fourth-order valence-electron chi connectivity index (χ4n) is 2.70. The lowest BCUT2D eigenvalue weighted by Crippen LogP contribution is -2.45. The number of halogens is 2. The summed E-state index contributed by atoms with van der Waals surface area (Å²) in [6, 6.07) is 7.26. The van der Waals surface area contributed by atoms with Crippen LogP contribution in [0, 0.1) is 0 Å². The van der Waals surface area contributed by atoms with Crippen LogP contribution in [-0.4, -0.2) is 30.6 Å². The van der Waals surface area contributed by atoms with E-state index in [-0.39, 0.29) is 0 Å². The van der Waals surface area contributed by atoms with Crippen molar-refractivity contribution in [2.24, 2.45) is 0 Å². The molecule has 1 N–H and O–H groups in total. The first-order valence-electron chi connectivity index (χ1n) is 7.09. The highest BCUT2D eigenvalue weighted by atomic mass is 79.9. The zero-order chi connectivity index (χ0) is 13.7. The molecule has 1 atom stereocenters. The summed E-state index contributed by atoms with van der Waals surface area (Å²) in [5.41, 5.74) is 1.38. The van der Waals surface area contributed by atoms with Gasteiger partial charge in [0.25, 0.3) is 0 Å². The monoisotopic (exact) mass is 388 g/mol. The van der Waals surface area contributed by atoms with Gasteiger partial charge in [-0.15, -0.1) is 0 Å². The Labute approximate surface area is 133 Å². The quantitative estimate of drug-likeness (QED) is 0.812. The summed E-state index contributed by atoms with van der Waals surface area (Å²) in [5, 5.41) is 3.52. The van der Waals surface area contributed by atoms with Crippen molar-refractivity contribution < 1.29 is 0 Å². The molecular weight excluding hydrogens is 368 g/mol. The van der Waals surface area contributed by atoms with Gasteiger partial charge in [-0.05, 0) is 81.9 Å². The molecule has 1 aliphatic rings. The van der Waals surface area contributed by atoms with Crippen LogP contribution in [0.25, 0.3) is 0 Å². The molecule has 2 nitrogen and oxygen atoms in total. The van der Waals surface area contributed by atoms with Crippen LogP contribution in [0.2, 0.25) is 0 Å². The smallest absolute Gasteiger partial charge is 0.0320 e. The van der Waals surface area contributed by atoms with Crippen LogP contribution in [0.3, 0.4) is 0 Å². The van der Waals surface area contributed by atoms with Gasteiger partial charge in [0.1, 0.15) is 0 Å². The number of nitrogens with zero attached hydrogens (tertiary/aromatic N) is 1. The van der Waals surface area contributed by atoms with E-state index in [9.17, 15) is 0 Å². The molecule has 1 unspecified atom stereocenters. The largest absolute Gasteiger partial charge is 0.315 e. The van der Waals surface area contributed by atoms with Crippen LogP contribution < -0.4 is 5.32 Å². The Morgan fingerprint density at radius 3 is 2.79 bits per heavy atom. The maximum absolute atomic E-state index is 3.59. The van der Waals surface area contributed by atoms with Gasteiger partial charge in [-0.2, -0.15) is 0 Å². The standard InChI is InChI=1S/C15H22Br2N2/c1-2-8-19(13-4-3-7-18-10-13)11-12-5-6-14(16)15(17)9-12/h5-6,9,13,18H,2-4,7-8,10-11H2,1H3. The molecule has 1 saturated heterocycles. The number of piperidine rings is 1. The summed E-state index contributed by atoms with van der Waals surface area (Å²) >= 11 is 7.13. The minimum absolute atomic E-state index is 0.691. The average Bonchev–Trinajstić information content (AvgIpc) is 2.43. The zero-order valence-corrected chi connectivity index (χ0v) is 14.6. The summed E-state index contributed by atoms with van der Waals surface area (Å²) in [4.78, 5) is 2.63. The summed E-state index contributed by atoms with van der Waals surface area (Å²) < 4.78 is 2.26. The van der Waals surface area contributed by atoms with E-state index < -0.39 is 0 Å². The van der Waals surface area contributed by atoms with Crippen LogP contribution >= 0.6 is 31.9 Å². The predicted octanol–water partition coefficient (Wildman–Crippen LogP) is 4.18. The highest BCUT2D eigenvalue weighted by Gasteiger charge is 2.20. The van der Waals surface area contributed by atoms with E-state index in [1.165, 1.54) is 37.9 Å². The molecule has 1 fully saturated rings. The van der Waals surface area contributed by atoms with Gasteiger partial charge in [0.05, 0.1) is 0 Å². The average molecular weight is 390 g/mol. The van der Waals surface area contributed by atoms with E-state index in [1.54, 1.807) is 0 Å². The van der Waals surface area contributed by atoms with Crippen molar-refractivity contribution >= 4 is 31.9 Å². The fourth-order valence-corrected chi connectivity index (χ4v) is 3.37. The molecule has 1 aromatic carbocycles. The van der Waals surface area contributed by atoms with E-state index in [0.717, 1.165) is 22.0 Å². The Hall–Kier alpha value is 0.1000. The van der Waals surface area contributed by atoms with Crippen molar-refractivity contribution in [3.8, 4) is 0 Å². The third-order valence-electron chi connectivity index (χ3n) is 3.67. The first-order valence-corrected chi connectivity index (χ1v) is 8.68. The molecule has 1 aromatic rings. The van der Waals surface area contributed by atoms with Gasteiger partial charge in [0.2, 0.25) is 0 Å². The highest BCUT2D eigenvalue weighted by molar-refractivity contribution is 9.13. The first-order chi connectivity index (χ1) is 9.20. The van der Waals surface area contributed by atoms with Gasteiger partial charge in [-0.25, -0.2) is 0 Å². The van der Waals surface area contributed by atoms with Crippen LogP contribution in [0.15, 0.2) is 27.1 Å². The van der Waals surface area contributed by atoms with E-state index in [4.69, 9.17) is 0 Å². The Morgan fingerprint density at radius 2 is 2.16 bits per heavy atom. The van der Waals surface area contributed by atoms with Gasteiger partial charge in [-0.3, -0.25) is 4.90 Å². The maximum atomic E-state index is 3.59. The SMILES string of the molecule is CCCN(Cc1ccc(Br)c(Br)c1)C1CCCNC1.